The van der Waals surface area contributed by atoms with E-state index in [2.05, 4.69) is 28.8 Å². The SMILES string of the molecule is CSCCCCCCn1c(N)nc2cccc(C)c21. The summed E-state index contributed by atoms with van der Waals surface area (Å²) in [6.07, 6.45) is 7.25. The van der Waals surface area contributed by atoms with Crippen molar-refractivity contribution in [2.45, 2.75) is 39.2 Å². The molecule has 104 valence electrons. The molecule has 1 heterocycles. The molecule has 2 aromatic rings. The lowest BCUT2D eigenvalue weighted by Gasteiger charge is -2.08. The average Bonchev–Trinajstić information content (AvgIpc) is 2.71. The van der Waals surface area contributed by atoms with Gasteiger partial charge < -0.3 is 10.3 Å². The quantitative estimate of drug-likeness (QED) is 0.782. The number of imidazole rings is 1. The summed E-state index contributed by atoms with van der Waals surface area (Å²) in [4.78, 5) is 4.44. The number of hydrogen-bond donors (Lipinski definition) is 1. The van der Waals surface area contributed by atoms with E-state index in [9.17, 15) is 0 Å². The molecule has 2 rings (SSSR count). The van der Waals surface area contributed by atoms with Crippen LogP contribution in [0, 0.1) is 6.92 Å². The van der Waals surface area contributed by atoms with E-state index in [1.54, 1.807) is 0 Å². The molecule has 0 spiro atoms. The van der Waals surface area contributed by atoms with Crippen molar-refractivity contribution in [3.8, 4) is 0 Å². The first-order valence-electron chi connectivity index (χ1n) is 6.94. The Morgan fingerprint density at radius 2 is 2.00 bits per heavy atom. The highest BCUT2D eigenvalue weighted by molar-refractivity contribution is 7.98. The van der Waals surface area contributed by atoms with Crippen LogP contribution in [0.5, 0.6) is 0 Å². The van der Waals surface area contributed by atoms with Crippen LogP contribution in [0.1, 0.15) is 31.2 Å². The van der Waals surface area contributed by atoms with E-state index >= 15 is 0 Å². The number of anilines is 1. The highest BCUT2D eigenvalue weighted by atomic mass is 32.2. The second-order valence-corrected chi connectivity index (χ2v) is 5.96. The minimum absolute atomic E-state index is 0.647. The summed E-state index contributed by atoms with van der Waals surface area (Å²) in [6.45, 7) is 3.10. The number of aromatic nitrogens is 2. The third kappa shape index (κ3) is 3.44. The van der Waals surface area contributed by atoms with Crippen LogP contribution < -0.4 is 5.73 Å². The van der Waals surface area contributed by atoms with E-state index in [4.69, 9.17) is 5.73 Å². The monoisotopic (exact) mass is 277 g/mol. The van der Waals surface area contributed by atoms with Gasteiger partial charge in [-0.2, -0.15) is 11.8 Å². The van der Waals surface area contributed by atoms with Crippen LogP contribution >= 0.6 is 11.8 Å². The molecule has 0 aliphatic rings. The third-order valence-corrected chi connectivity index (χ3v) is 4.18. The number of aryl methyl sites for hydroxylation is 2. The number of nitrogen functional groups attached to an aromatic ring is 1. The van der Waals surface area contributed by atoms with Crippen LogP contribution in [0.2, 0.25) is 0 Å². The lowest BCUT2D eigenvalue weighted by Crippen LogP contribution is -2.04. The topological polar surface area (TPSA) is 43.8 Å². The van der Waals surface area contributed by atoms with Crippen molar-refractivity contribution in [1.82, 2.24) is 9.55 Å². The first-order valence-corrected chi connectivity index (χ1v) is 8.33. The zero-order valence-corrected chi connectivity index (χ0v) is 12.7. The Hall–Kier alpha value is -1.16. The van der Waals surface area contributed by atoms with E-state index < -0.39 is 0 Å². The number of hydrogen-bond acceptors (Lipinski definition) is 3. The Bertz CT molecular complexity index is 533. The summed E-state index contributed by atoms with van der Waals surface area (Å²) in [7, 11) is 0. The molecule has 0 fully saturated rings. The molecule has 0 atom stereocenters. The predicted molar refractivity (Wildman–Crippen MR) is 85.7 cm³/mol. The highest BCUT2D eigenvalue weighted by Crippen LogP contribution is 2.22. The minimum atomic E-state index is 0.647. The first kappa shape index (κ1) is 14.3. The molecule has 3 nitrogen and oxygen atoms in total. The van der Waals surface area contributed by atoms with Crippen LogP contribution in [0.3, 0.4) is 0 Å². The minimum Gasteiger partial charge on any atom is -0.369 e. The van der Waals surface area contributed by atoms with Crippen LogP contribution in [-0.4, -0.2) is 21.6 Å². The second-order valence-electron chi connectivity index (χ2n) is 4.97. The van der Waals surface area contributed by atoms with Crippen molar-refractivity contribution in [2.24, 2.45) is 0 Å². The van der Waals surface area contributed by atoms with Crippen molar-refractivity contribution in [1.29, 1.82) is 0 Å². The lowest BCUT2D eigenvalue weighted by molar-refractivity contribution is 0.597. The maximum absolute atomic E-state index is 6.03. The normalized spacial score (nSPS) is 11.3. The highest BCUT2D eigenvalue weighted by Gasteiger charge is 2.09. The number of nitrogens with two attached hydrogens (primary N) is 1. The average molecular weight is 277 g/mol. The fourth-order valence-electron chi connectivity index (χ4n) is 2.48. The molecule has 1 aromatic heterocycles. The molecule has 0 aliphatic heterocycles. The molecule has 19 heavy (non-hydrogen) atoms. The molecule has 0 bridgehead atoms. The van der Waals surface area contributed by atoms with Crippen molar-refractivity contribution in [3.05, 3.63) is 23.8 Å². The molecule has 0 saturated carbocycles. The van der Waals surface area contributed by atoms with Gasteiger partial charge in [-0.05, 0) is 43.4 Å². The van der Waals surface area contributed by atoms with Crippen molar-refractivity contribution < 1.29 is 0 Å². The summed E-state index contributed by atoms with van der Waals surface area (Å²) in [5.41, 5.74) is 9.50. The van der Waals surface area contributed by atoms with Crippen LogP contribution in [0.15, 0.2) is 18.2 Å². The summed E-state index contributed by atoms with van der Waals surface area (Å²) < 4.78 is 2.17. The Balaban J connectivity index is 1.98. The zero-order chi connectivity index (χ0) is 13.7. The number of benzene rings is 1. The number of unbranched alkanes of at least 4 members (excludes halogenated alkanes) is 3. The number of thioether (sulfide) groups is 1. The van der Waals surface area contributed by atoms with Gasteiger partial charge in [-0.15, -0.1) is 0 Å². The van der Waals surface area contributed by atoms with E-state index in [-0.39, 0.29) is 0 Å². The molecule has 4 heteroatoms. The van der Waals surface area contributed by atoms with Crippen LogP contribution in [0.25, 0.3) is 11.0 Å². The van der Waals surface area contributed by atoms with Gasteiger partial charge in [-0.1, -0.05) is 25.0 Å². The van der Waals surface area contributed by atoms with Gasteiger partial charge in [0.15, 0.2) is 0 Å². The summed E-state index contributed by atoms with van der Waals surface area (Å²) in [6, 6.07) is 6.20. The molecule has 0 unspecified atom stereocenters. The van der Waals surface area contributed by atoms with Crippen molar-refractivity contribution in [2.75, 3.05) is 17.7 Å². The Morgan fingerprint density at radius 1 is 1.21 bits per heavy atom. The van der Waals surface area contributed by atoms with Crippen molar-refractivity contribution in [3.63, 3.8) is 0 Å². The Morgan fingerprint density at radius 3 is 2.79 bits per heavy atom. The smallest absolute Gasteiger partial charge is 0.201 e. The number of para-hydroxylation sites is 1. The third-order valence-electron chi connectivity index (χ3n) is 3.48. The molecular weight excluding hydrogens is 254 g/mol. The van der Waals surface area contributed by atoms with Gasteiger partial charge in [-0.3, -0.25) is 0 Å². The van der Waals surface area contributed by atoms with Gasteiger partial charge in [0.1, 0.15) is 0 Å². The van der Waals surface area contributed by atoms with E-state index in [1.165, 1.54) is 42.5 Å². The molecular formula is C15H23N3S. The predicted octanol–water partition coefficient (Wildman–Crippen LogP) is 3.85. The zero-order valence-electron chi connectivity index (χ0n) is 11.9. The van der Waals surface area contributed by atoms with Gasteiger partial charge >= 0.3 is 0 Å². The van der Waals surface area contributed by atoms with E-state index in [1.807, 2.05) is 23.9 Å². The first-order chi connectivity index (χ1) is 9.24. The molecule has 2 N–H and O–H groups in total. The maximum atomic E-state index is 6.03. The lowest BCUT2D eigenvalue weighted by atomic mass is 10.2. The molecule has 0 amide bonds. The number of nitrogens with zero attached hydrogens (tertiary/aromatic N) is 2. The molecule has 0 aliphatic carbocycles. The summed E-state index contributed by atoms with van der Waals surface area (Å²) in [5, 5.41) is 0. The largest absolute Gasteiger partial charge is 0.369 e. The van der Waals surface area contributed by atoms with Crippen LogP contribution in [0.4, 0.5) is 5.95 Å². The van der Waals surface area contributed by atoms with Gasteiger partial charge in [-0.25, -0.2) is 4.98 Å². The fourth-order valence-corrected chi connectivity index (χ4v) is 2.97. The van der Waals surface area contributed by atoms with Crippen molar-refractivity contribution >= 4 is 28.7 Å². The van der Waals surface area contributed by atoms with Gasteiger partial charge in [0.2, 0.25) is 5.95 Å². The Labute approximate surface area is 119 Å². The maximum Gasteiger partial charge on any atom is 0.201 e. The van der Waals surface area contributed by atoms with Gasteiger partial charge in [0, 0.05) is 6.54 Å². The second kappa shape index (κ2) is 6.85. The number of fused-ring (bicyclic) bond motifs is 1. The van der Waals surface area contributed by atoms with Crippen LogP contribution in [-0.2, 0) is 6.54 Å². The van der Waals surface area contributed by atoms with Gasteiger partial charge in [0.05, 0.1) is 11.0 Å². The summed E-state index contributed by atoms with van der Waals surface area (Å²) >= 11 is 1.93. The molecule has 0 saturated heterocycles. The molecule has 0 radical (unpaired) electrons. The number of rotatable bonds is 7. The molecule has 1 aromatic carbocycles. The van der Waals surface area contributed by atoms with E-state index in [0.717, 1.165) is 12.1 Å². The van der Waals surface area contributed by atoms with E-state index in [0.29, 0.717) is 5.95 Å². The summed E-state index contributed by atoms with van der Waals surface area (Å²) in [5.74, 6) is 1.92. The standard InChI is InChI=1S/C15H23N3S/c1-12-8-7-9-13-14(12)18(15(16)17-13)10-5-3-4-6-11-19-2/h7-9H,3-6,10-11H2,1-2H3,(H2,16,17). The fraction of sp³-hybridized carbons (Fsp3) is 0.533. The Kier molecular flexibility index (Phi) is 5.14. The van der Waals surface area contributed by atoms with Gasteiger partial charge in [0.25, 0.3) is 0 Å².